The van der Waals surface area contributed by atoms with Crippen molar-refractivity contribution in [3.8, 4) is 0 Å². The second-order valence-corrected chi connectivity index (χ2v) is 7.58. The molecule has 0 bridgehead atoms. The number of urea groups is 1. The van der Waals surface area contributed by atoms with Crippen molar-refractivity contribution in [1.82, 2.24) is 15.8 Å². The molecule has 0 aromatic heterocycles. The van der Waals surface area contributed by atoms with E-state index < -0.39 is 36.0 Å². The maximum Gasteiger partial charge on any atom is 0.344 e. The van der Waals surface area contributed by atoms with E-state index in [2.05, 4.69) is 10.7 Å². The van der Waals surface area contributed by atoms with E-state index in [1.807, 2.05) is 19.1 Å². The molecule has 162 valence electrons. The van der Waals surface area contributed by atoms with E-state index in [4.69, 9.17) is 4.74 Å². The van der Waals surface area contributed by atoms with Crippen LogP contribution in [0, 0.1) is 20.8 Å². The topological polar surface area (TPSA) is 105 Å². The molecule has 1 fully saturated rings. The summed E-state index contributed by atoms with van der Waals surface area (Å²) in [5.74, 6) is -2.04. The van der Waals surface area contributed by atoms with Gasteiger partial charge in [-0.1, -0.05) is 55.0 Å². The van der Waals surface area contributed by atoms with Crippen LogP contribution in [0.5, 0.6) is 0 Å². The fraction of sp³-hybridized carbons (Fsp3) is 0.304. The molecule has 1 aliphatic rings. The van der Waals surface area contributed by atoms with Crippen LogP contribution in [-0.2, 0) is 19.9 Å². The third kappa shape index (κ3) is 4.14. The molecule has 1 atom stereocenters. The Morgan fingerprint density at radius 2 is 1.68 bits per heavy atom. The van der Waals surface area contributed by atoms with Crippen molar-refractivity contribution in [3.05, 3.63) is 70.3 Å². The highest BCUT2D eigenvalue weighted by Crippen LogP contribution is 2.31. The standard InChI is InChI=1S/C23H25N3O5/c1-5-23(17-9-7-6-8-10-17)21(29)26(22(30)24-23)25-18(27)13-31-20(28)19-15(3)11-14(2)12-16(19)4/h6-12H,5,13H2,1-4H3,(H,24,30)(H,25,27)/t23-/m0/s1. The average Bonchev–Trinajstić information content (AvgIpc) is 2.97. The van der Waals surface area contributed by atoms with E-state index in [9.17, 15) is 19.2 Å². The van der Waals surface area contributed by atoms with E-state index in [1.54, 1.807) is 51.1 Å². The summed E-state index contributed by atoms with van der Waals surface area (Å²) in [6.45, 7) is 6.64. The van der Waals surface area contributed by atoms with Crippen molar-refractivity contribution in [3.63, 3.8) is 0 Å². The summed E-state index contributed by atoms with van der Waals surface area (Å²) in [7, 11) is 0. The van der Waals surface area contributed by atoms with Crippen molar-refractivity contribution < 1.29 is 23.9 Å². The number of hydrogen-bond donors (Lipinski definition) is 2. The lowest BCUT2D eigenvalue weighted by Gasteiger charge is -2.25. The zero-order chi connectivity index (χ0) is 22.8. The summed E-state index contributed by atoms with van der Waals surface area (Å²) in [6.07, 6.45) is 0.301. The van der Waals surface area contributed by atoms with E-state index in [1.165, 1.54) is 0 Å². The van der Waals surface area contributed by atoms with Crippen LogP contribution < -0.4 is 10.7 Å². The first-order valence-corrected chi connectivity index (χ1v) is 9.96. The van der Waals surface area contributed by atoms with Crippen LogP contribution >= 0.6 is 0 Å². The van der Waals surface area contributed by atoms with Gasteiger partial charge in [0.1, 0.15) is 5.54 Å². The zero-order valence-electron chi connectivity index (χ0n) is 17.9. The molecule has 1 heterocycles. The highest BCUT2D eigenvalue weighted by atomic mass is 16.5. The Balaban J connectivity index is 1.68. The number of aryl methyl sites for hydroxylation is 3. The molecule has 4 amide bonds. The first-order valence-electron chi connectivity index (χ1n) is 9.96. The SMILES string of the molecule is CC[C@@]1(c2ccccc2)NC(=O)N(NC(=O)COC(=O)c2c(C)cc(C)cc2C)C1=O. The minimum absolute atomic E-state index is 0.301. The number of benzene rings is 2. The Morgan fingerprint density at radius 3 is 2.26 bits per heavy atom. The normalized spacial score (nSPS) is 18.0. The van der Waals surface area contributed by atoms with Gasteiger partial charge in [0.2, 0.25) is 0 Å². The van der Waals surface area contributed by atoms with Crippen LogP contribution in [0.2, 0.25) is 0 Å². The van der Waals surface area contributed by atoms with Crippen molar-refractivity contribution in [1.29, 1.82) is 0 Å². The summed E-state index contributed by atoms with van der Waals surface area (Å²) >= 11 is 0. The molecule has 0 spiro atoms. The summed E-state index contributed by atoms with van der Waals surface area (Å²) in [5.41, 5.74) is 4.48. The number of nitrogens with one attached hydrogen (secondary N) is 2. The fourth-order valence-corrected chi connectivity index (χ4v) is 3.90. The van der Waals surface area contributed by atoms with Crippen molar-refractivity contribution in [2.24, 2.45) is 0 Å². The molecule has 2 aromatic rings. The molecule has 2 N–H and O–H groups in total. The molecule has 1 aliphatic heterocycles. The van der Waals surface area contributed by atoms with Gasteiger partial charge in [0.15, 0.2) is 6.61 Å². The molecule has 31 heavy (non-hydrogen) atoms. The van der Waals surface area contributed by atoms with Crippen molar-refractivity contribution >= 4 is 23.8 Å². The highest BCUT2D eigenvalue weighted by molar-refractivity contribution is 6.08. The third-order valence-electron chi connectivity index (χ3n) is 5.34. The molecule has 8 heteroatoms. The van der Waals surface area contributed by atoms with Crippen LogP contribution in [-0.4, -0.2) is 35.4 Å². The lowest BCUT2D eigenvalue weighted by atomic mass is 9.87. The van der Waals surface area contributed by atoms with Gasteiger partial charge in [0.05, 0.1) is 5.56 Å². The predicted molar refractivity (Wildman–Crippen MR) is 113 cm³/mol. The second kappa shape index (κ2) is 8.59. The van der Waals surface area contributed by atoms with Crippen LogP contribution in [0.25, 0.3) is 0 Å². The molecule has 0 unspecified atom stereocenters. The molecular weight excluding hydrogens is 398 g/mol. The van der Waals surface area contributed by atoms with Crippen molar-refractivity contribution in [2.75, 3.05) is 6.61 Å². The predicted octanol–water partition coefficient (Wildman–Crippen LogP) is 2.66. The van der Waals surface area contributed by atoms with Crippen LogP contribution in [0.15, 0.2) is 42.5 Å². The average molecular weight is 423 g/mol. The molecule has 0 radical (unpaired) electrons. The Labute approximate surface area is 180 Å². The number of hydrogen-bond acceptors (Lipinski definition) is 5. The van der Waals surface area contributed by atoms with Gasteiger partial charge >= 0.3 is 12.0 Å². The van der Waals surface area contributed by atoms with E-state index in [-0.39, 0.29) is 0 Å². The maximum atomic E-state index is 13.0. The van der Waals surface area contributed by atoms with Crippen LogP contribution in [0.3, 0.4) is 0 Å². The van der Waals surface area contributed by atoms with Gasteiger partial charge in [0.25, 0.3) is 11.8 Å². The zero-order valence-corrected chi connectivity index (χ0v) is 17.9. The van der Waals surface area contributed by atoms with E-state index in [0.717, 1.165) is 16.7 Å². The number of carbonyl (C=O) groups excluding carboxylic acids is 4. The first kappa shape index (κ1) is 22.0. The van der Waals surface area contributed by atoms with Gasteiger partial charge in [0, 0.05) is 0 Å². The van der Waals surface area contributed by atoms with Gasteiger partial charge in [-0.15, -0.1) is 0 Å². The van der Waals surface area contributed by atoms with Gasteiger partial charge in [-0.2, -0.15) is 5.01 Å². The first-order chi connectivity index (χ1) is 14.7. The highest BCUT2D eigenvalue weighted by Gasteiger charge is 2.52. The van der Waals surface area contributed by atoms with E-state index >= 15 is 0 Å². The number of imide groups is 1. The summed E-state index contributed by atoms with van der Waals surface area (Å²) in [5, 5.41) is 3.30. The molecule has 0 saturated carbocycles. The maximum absolute atomic E-state index is 13.0. The summed E-state index contributed by atoms with van der Waals surface area (Å²) < 4.78 is 5.11. The monoisotopic (exact) mass is 423 g/mol. The Morgan fingerprint density at radius 1 is 1.06 bits per heavy atom. The van der Waals surface area contributed by atoms with Crippen LogP contribution in [0.1, 0.15) is 46.0 Å². The van der Waals surface area contributed by atoms with Crippen molar-refractivity contribution in [2.45, 2.75) is 39.7 Å². The number of esters is 1. The smallest absolute Gasteiger partial charge is 0.344 e. The third-order valence-corrected chi connectivity index (χ3v) is 5.34. The lowest BCUT2D eigenvalue weighted by Crippen LogP contribution is -2.49. The van der Waals surface area contributed by atoms with Gasteiger partial charge in [-0.25, -0.2) is 9.59 Å². The molecule has 3 rings (SSSR count). The number of amides is 4. The Bertz CT molecular complexity index is 1030. The van der Waals surface area contributed by atoms with Gasteiger partial charge in [-0.3, -0.25) is 15.0 Å². The largest absolute Gasteiger partial charge is 0.452 e. The minimum atomic E-state index is -1.27. The summed E-state index contributed by atoms with van der Waals surface area (Å²) in [6, 6.07) is 11.8. The minimum Gasteiger partial charge on any atom is -0.452 e. The number of carbonyl (C=O) groups is 4. The Kier molecular flexibility index (Phi) is 6.10. The number of hydrazine groups is 1. The number of nitrogens with zero attached hydrogens (tertiary/aromatic N) is 1. The van der Waals surface area contributed by atoms with Crippen LogP contribution in [0.4, 0.5) is 4.79 Å². The number of rotatable bonds is 6. The molecule has 2 aromatic carbocycles. The molecular formula is C23H25N3O5. The fourth-order valence-electron chi connectivity index (χ4n) is 3.90. The lowest BCUT2D eigenvalue weighted by molar-refractivity contribution is -0.140. The summed E-state index contributed by atoms with van der Waals surface area (Å²) in [4.78, 5) is 50.2. The molecule has 8 nitrogen and oxygen atoms in total. The van der Waals surface area contributed by atoms with E-state index in [0.29, 0.717) is 22.6 Å². The molecule has 1 saturated heterocycles. The van der Waals surface area contributed by atoms with Gasteiger partial charge < -0.3 is 10.1 Å². The quantitative estimate of drug-likeness (QED) is 0.549. The Hall–Kier alpha value is -3.68. The second-order valence-electron chi connectivity index (χ2n) is 7.58. The molecule has 0 aliphatic carbocycles. The number of ether oxygens (including phenoxy) is 1. The van der Waals surface area contributed by atoms with Gasteiger partial charge in [-0.05, 0) is 43.9 Å².